The topological polar surface area (TPSA) is 56.1 Å². The molecule has 0 aromatic heterocycles. The first-order valence-corrected chi connectivity index (χ1v) is 8.17. The van der Waals surface area contributed by atoms with E-state index in [1.165, 1.54) is 25.9 Å². The number of carbonyl (C=O) groups excluding carboxylic acids is 1. The van der Waals surface area contributed by atoms with E-state index in [0.29, 0.717) is 15.6 Å². The highest BCUT2D eigenvalue weighted by Crippen LogP contribution is 2.32. The first-order valence-electron chi connectivity index (χ1n) is 7.36. The third-order valence-electron chi connectivity index (χ3n) is 3.21. The fourth-order valence-corrected chi connectivity index (χ4v) is 3.15. The average Bonchev–Trinajstić information content (AvgIpc) is 3.11. The summed E-state index contributed by atoms with van der Waals surface area (Å²) in [7, 11) is 2.67. The predicted molar refractivity (Wildman–Crippen MR) is 91.7 cm³/mol. The predicted octanol–water partition coefficient (Wildman–Crippen LogP) is 2.89. The Kier molecular flexibility index (Phi) is 6.18. The highest BCUT2D eigenvalue weighted by atomic mass is 32.2. The second-order valence-electron chi connectivity index (χ2n) is 5.35. The summed E-state index contributed by atoms with van der Waals surface area (Å²) in [4.78, 5) is 18.7. The number of benzene rings is 1. The molecule has 0 unspecified atom stereocenters. The summed E-state index contributed by atoms with van der Waals surface area (Å²) in [5.74, 6) is -0.0341. The molecule has 7 heteroatoms. The standard InChI is InChI=1S/C14H14N2O2S.C2H6FN/c17-11-6-2-1-5-10(11)9-12-13(18)15-14(19-12)16-7-3-4-8-16;1-4(2)3/h1-2,5-6,9,17H,3-4,7-8H2;1-2H3/b12-9-;. The summed E-state index contributed by atoms with van der Waals surface area (Å²) < 4.78 is 10.8. The number of hydrogen-bond donors (Lipinski definition) is 1. The summed E-state index contributed by atoms with van der Waals surface area (Å²) in [6.45, 7) is 1.95. The molecule has 0 atom stereocenters. The largest absolute Gasteiger partial charge is 0.507 e. The van der Waals surface area contributed by atoms with Gasteiger partial charge in [-0.25, -0.2) is 0 Å². The Labute approximate surface area is 139 Å². The highest BCUT2D eigenvalue weighted by Gasteiger charge is 2.27. The van der Waals surface area contributed by atoms with Crippen molar-refractivity contribution >= 4 is 28.9 Å². The summed E-state index contributed by atoms with van der Waals surface area (Å²) in [5, 5.41) is 11.0. The van der Waals surface area contributed by atoms with Crippen LogP contribution in [0.4, 0.5) is 4.48 Å². The number of phenols is 1. The molecule has 2 aliphatic heterocycles. The van der Waals surface area contributed by atoms with E-state index >= 15 is 0 Å². The van der Waals surface area contributed by atoms with Crippen molar-refractivity contribution in [2.24, 2.45) is 4.99 Å². The minimum Gasteiger partial charge on any atom is -0.507 e. The zero-order valence-corrected chi connectivity index (χ0v) is 14.0. The SMILES string of the molecule is CN(C)F.O=C1N=C(N2CCCC2)S/C1=C\c1ccccc1O. The molecular formula is C16H20FN3O2S. The third kappa shape index (κ3) is 5.07. The van der Waals surface area contributed by atoms with Crippen LogP contribution in [0.3, 0.4) is 0 Å². The molecule has 1 fully saturated rings. The molecule has 1 aromatic carbocycles. The Morgan fingerprint density at radius 2 is 1.91 bits per heavy atom. The molecule has 3 rings (SSSR count). The van der Waals surface area contributed by atoms with Crippen LogP contribution in [0.25, 0.3) is 6.08 Å². The van der Waals surface area contributed by atoms with Gasteiger partial charge in [-0.15, -0.1) is 4.48 Å². The van der Waals surface area contributed by atoms with Crippen LogP contribution in [0.1, 0.15) is 18.4 Å². The summed E-state index contributed by atoms with van der Waals surface area (Å²) in [6, 6.07) is 6.98. The number of halogens is 1. The van der Waals surface area contributed by atoms with Gasteiger partial charge < -0.3 is 10.0 Å². The van der Waals surface area contributed by atoms with E-state index in [-0.39, 0.29) is 11.7 Å². The molecule has 1 saturated heterocycles. The number of likely N-dealkylation sites (tertiary alicyclic amines) is 1. The first-order chi connectivity index (χ1) is 11.0. The number of amides is 1. The van der Waals surface area contributed by atoms with Crippen LogP contribution in [0.2, 0.25) is 0 Å². The number of nitrogens with zero attached hydrogens (tertiary/aromatic N) is 3. The summed E-state index contributed by atoms with van der Waals surface area (Å²) in [5.41, 5.74) is 0.649. The van der Waals surface area contributed by atoms with Crippen LogP contribution in [0.15, 0.2) is 34.2 Å². The highest BCUT2D eigenvalue weighted by molar-refractivity contribution is 8.18. The molecule has 2 heterocycles. The molecule has 1 amide bonds. The number of amidine groups is 1. The second kappa shape index (κ2) is 8.12. The minimum absolute atomic E-state index is 0.179. The normalized spacial score (nSPS) is 19.1. The lowest BCUT2D eigenvalue weighted by Gasteiger charge is -2.14. The molecule has 1 aromatic rings. The molecule has 5 nitrogen and oxygen atoms in total. The number of phenolic OH excluding ortho intramolecular Hbond substituents is 1. The van der Waals surface area contributed by atoms with Crippen molar-refractivity contribution in [1.29, 1.82) is 0 Å². The number of carbonyl (C=O) groups is 1. The Morgan fingerprint density at radius 1 is 1.30 bits per heavy atom. The molecule has 0 spiro atoms. The van der Waals surface area contributed by atoms with E-state index in [1.807, 2.05) is 6.07 Å². The van der Waals surface area contributed by atoms with Crippen molar-refractivity contribution in [3.05, 3.63) is 34.7 Å². The maximum atomic E-state index is 11.9. The monoisotopic (exact) mass is 337 g/mol. The van der Waals surface area contributed by atoms with Gasteiger partial charge in [0.2, 0.25) is 0 Å². The third-order valence-corrected chi connectivity index (χ3v) is 4.25. The Hall–Kier alpha value is -1.86. The van der Waals surface area contributed by atoms with Crippen molar-refractivity contribution in [3.63, 3.8) is 0 Å². The quantitative estimate of drug-likeness (QED) is 0.631. The summed E-state index contributed by atoms with van der Waals surface area (Å²) in [6.07, 6.45) is 4.02. The molecular weight excluding hydrogens is 317 g/mol. The van der Waals surface area contributed by atoms with Gasteiger partial charge in [0.25, 0.3) is 5.91 Å². The van der Waals surface area contributed by atoms with Gasteiger partial charge in [-0.2, -0.15) is 10.1 Å². The number of thioether (sulfide) groups is 1. The molecule has 0 radical (unpaired) electrons. The van der Waals surface area contributed by atoms with E-state index in [1.54, 1.807) is 24.3 Å². The van der Waals surface area contributed by atoms with Gasteiger partial charge in [-0.3, -0.25) is 4.79 Å². The van der Waals surface area contributed by atoms with Crippen molar-refractivity contribution in [3.8, 4) is 5.75 Å². The minimum atomic E-state index is -0.213. The van der Waals surface area contributed by atoms with E-state index in [4.69, 9.17) is 0 Å². The maximum Gasteiger partial charge on any atom is 0.286 e. The lowest BCUT2D eigenvalue weighted by atomic mass is 10.2. The van der Waals surface area contributed by atoms with Gasteiger partial charge in [-0.1, -0.05) is 18.2 Å². The van der Waals surface area contributed by atoms with Gasteiger partial charge in [-0.05, 0) is 36.7 Å². The first kappa shape index (κ1) is 17.5. The molecule has 124 valence electrons. The van der Waals surface area contributed by atoms with E-state index in [9.17, 15) is 14.4 Å². The number of rotatable bonds is 1. The number of aliphatic imine (C=N–C) groups is 1. The van der Waals surface area contributed by atoms with Gasteiger partial charge in [0.05, 0.1) is 4.91 Å². The maximum absolute atomic E-state index is 11.9. The van der Waals surface area contributed by atoms with Gasteiger partial charge in [0, 0.05) is 32.7 Å². The van der Waals surface area contributed by atoms with Crippen LogP contribution < -0.4 is 0 Å². The molecule has 23 heavy (non-hydrogen) atoms. The fourth-order valence-electron chi connectivity index (χ4n) is 2.19. The number of hydrogen-bond acceptors (Lipinski definition) is 5. The smallest absolute Gasteiger partial charge is 0.286 e. The van der Waals surface area contributed by atoms with Gasteiger partial charge in [0.1, 0.15) is 5.75 Å². The molecule has 1 N–H and O–H groups in total. The lowest BCUT2D eigenvalue weighted by molar-refractivity contribution is -0.113. The molecule has 0 saturated carbocycles. The Morgan fingerprint density at radius 3 is 2.52 bits per heavy atom. The van der Waals surface area contributed by atoms with E-state index in [0.717, 1.165) is 31.1 Å². The Balaban J connectivity index is 0.000000433. The van der Waals surface area contributed by atoms with Crippen LogP contribution in [0, 0.1) is 0 Å². The van der Waals surface area contributed by atoms with Gasteiger partial charge >= 0.3 is 0 Å². The summed E-state index contributed by atoms with van der Waals surface area (Å²) >= 11 is 1.40. The van der Waals surface area contributed by atoms with Crippen LogP contribution in [-0.4, -0.2) is 53.4 Å². The number of para-hydroxylation sites is 1. The van der Waals surface area contributed by atoms with Crippen molar-refractivity contribution in [2.45, 2.75) is 12.8 Å². The zero-order chi connectivity index (χ0) is 16.8. The molecule has 2 aliphatic rings. The average molecular weight is 337 g/mol. The van der Waals surface area contributed by atoms with Crippen LogP contribution in [-0.2, 0) is 4.79 Å². The molecule has 0 aliphatic carbocycles. The number of aromatic hydroxyl groups is 1. The molecule has 0 bridgehead atoms. The van der Waals surface area contributed by atoms with Crippen LogP contribution in [0.5, 0.6) is 5.75 Å². The lowest BCUT2D eigenvalue weighted by Crippen LogP contribution is -2.23. The zero-order valence-electron chi connectivity index (χ0n) is 13.2. The van der Waals surface area contributed by atoms with Crippen molar-refractivity contribution < 1.29 is 14.4 Å². The van der Waals surface area contributed by atoms with Crippen LogP contribution >= 0.6 is 11.8 Å². The Bertz CT molecular complexity index is 623. The fraction of sp³-hybridized carbons (Fsp3) is 0.375. The van der Waals surface area contributed by atoms with Gasteiger partial charge in [0.15, 0.2) is 5.17 Å². The van der Waals surface area contributed by atoms with Crippen molar-refractivity contribution in [2.75, 3.05) is 27.2 Å². The second-order valence-corrected chi connectivity index (χ2v) is 6.36. The van der Waals surface area contributed by atoms with Crippen molar-refractivity contribution in [1.82, 2.24) is 10.0 Å². The van der Waals surface area contributed by atoms with E-state index in [2.05, 4.69) is 9.89 Å². The van der Waals surface area contributed by atoms with E-state index < -0.39 is 0 Å².